The van der Waals surface area contributed by atoms with Crippen LogP contribution in [0, 0.1) is 0 Å². The minimum absolute atomic E-state index is 0.0269. The average molecular weight is 370 g/mol. The highest BCUT2D eigenvalue weighted by atomic mass is 79.9. The largest absolute Gasteiger partial charge is 0.371 e. The number of nitrogens with zero attached hydrogens (tertiary/aromatic N) is 1. The molecule has 6 heteroatoms. The van der Waals surface area contributed by atoms with Crippen LogP contribution >= 0.6 is 27.5 Å². The summed E-state index contributed by atoms with van der Waals surface area (Å²) in [4.78, 5) is 15.7. The summed E-state index contributed by atoms with van der Waals surface area (Å²) in [5.41, 5.74) is 1.15. The van der Waals surface area contributed by atoms with Gasteiger partial charge in [0.15, 0.2) is 5.82 Å². The molecule has 0 atom stereocenters. The fraction of sp³-hybridized carbons (Fsp3) is 0.200. The van der Waals surface area contributed by atoms with Gasteiger partial charge in [-0.05, 0) is 36.2 Å². The van der Waals surface area contributed by atoms with Gasteiger partial charge in [-0.25, -0.2) is 4.98 Å². The van der Waals surface area contributed by atoms with E-state index in [1.807, 2.05) is 24.3 Å². The van der Waals surface area contributed by atoms with E-state index in [0.29, 0.717) is 17.4 Å². The molecule has 2 aromatic rings. The first-order valence-electron chi connectivity index (χ1n) is 6.38. The van der Waals surface area contributed by atoms with Crippen LogP contribution in [0.3, 0.4) is 0 Å². The van der Waals surface area contributed by atoms with Gasteiger partial charge in [0.1, 0.15) is 6.61 Å². The Bertz CT molecular complexity index is 622. The predicted octanol–water partition coefficient (Wildman–Crippen LogP) is 3.70. The van der Waals surface area contributed by atoms with Crippen LogP contribution < -0.4 is 5.32 Å². The Morgan fingerprint density at radius 1 is 1.33 bits per heavy atom. The van der Waals surface area contributed by atoms with Crippen LogP contribution in [0.1, 0.15) is 5.56 Å². The molecule has 110 valence electrons. The number of pyridine rings is 1. The lowest BCUT2D eigenvalue weighted by Gasteiger charge is -2.07. The third kappa shape index (κ3) is 5.46. The molecule has 0 aliphatic heterocycles. The highest BCUT2D eigenvalue weighted by Gasteiger charge is 2.06. The summed E-state index contributed by atoms with van der Waals surface area (Å²) in [7, 11) is 0. The van der Waals surface area contributed by atoms with Crippen LogP contribution in [0.2, 0.25) is 5.02 Å². The SMILES string of the molecule is O=C(COCCc1cccc(Br)c1)Nc1ncccc1Cl. The zero-order valence-electron chi connectivity index (χ0n) is 11.2. The van der Waals surface area contributed by atoms with E-state index in [1.54, 1.807) is 18.3 Å². The van der Waals surface area contributed by atoms with Crippen LogP contribution in [-0.4, -0.2) is 24.1 Å². The number of rotatable bonds is 6. The van der Waals surface area contributed by atoms with Gasteiger partial charge in [-0.2, -0.15) is 0 Å². The molecule has 1 N–H and O–H groups in total. The van der Waals surface area contributed by atoms with Crippen LogP contribution in [0.25, 0.3) is 0 Å². The summed E-state index contributed by atoms with van der Waals surface area (Å²) < 4.78 is 6.38. The summed E-state index contributed by atoms with van der Waals surface area (Å²) in [6.07, 6.45) is 2.31. The smallest absolute Gasteiger partial charge is 0.251 e. The first-order chi connectivity index (χ1) is 10.1. The molecule has 21 heavy (non-hydrogen) atoms. The quantitative estimate of drug-likeness (QED) is 0.790. The van der Waals surface area contributed by atoms with Crippen LogP contribution in [0.5, 0.6) is 0 Å². The van der Waals surface area contributed by atoms with E-state index in [2.05, 4.69) is 26.2 Å². The molecule has 0 radical (unpaired) electrons. The van der Waals surface area contributed by atoms with Crippen molar-refractivity contribution in [1.29, 1.82) is 0 Å². The van der Waals surface area contributed by atoms with Crippen LogP contribution in [0.15, 0.2) is 47.1 Å². The number of benzene rings is 1. The zero-order valence-corrected chi connectivity index (χ0v) is 13.5. The number of carbonyl (C=O) groups is 1. The Morgan fingerprint density at radius 2 is 2.19 bits per heavy atom. The van der Waals surface area contributed by atoms with Gasteiger partial charge in [-0.15, -0.1) is 0 Å². The fourth-order valence-electron chi connectivity index (χ4n) is 1.69. The molecular formula is C15H14BrClN2O2. The van der Waals surface area contributed by atoms with Crippen molar-refractivity contribution in [2.45, 2.75) is 6.42 Å². The molecule has 0 saturated heterocycles. The molecule has 0 aliphatic carbocycles. The molecule has 2 rings (SSSR count). The molecule has 1 amide bonds. The number of hydrogen-bond donors (Lipinski definition) is 1. The summed E-state index contributed by atoms with van der Waals surface area (Å²) in [6, 6.07) is 11.3. The zero-order chi connectivity index (χ0) is 15.1. The third-order valence-electron chi connectivity index (χ3n) is 2.67. The highest BCUT2D eigenvalue weighted by Crippen LogP contribution is 2.17. The molecule has 0 fully saturated rings. The number of ether oxygens (including phenoxy) is 1. The van der Waals surface area contributed by atoms with Crippen molar-refractivity contribution in [2.24, 2.45) is 0 Å². The van der Waals surface area contributed by atoms with Crippen LogP contribution in [-0.2, 0) is 16.0 Å². The summed E-state index contributed by atoms with van der Waals surface area (Å²) >= 11 is 9.32. The van der Waals surface area contributed by atoms with E-state index in [1.165, 1.54) is 0 Å². The maximum absolute atomic E-state index is 11.7. The molecule has 0 spiro atoms. The van der Waals surface area contributed by atoms with Gasteiger partial charge in [0, 0.05) is 10.7 Å². The topological polar surface area (TPSA) is 51.2 Å². The molecule has 0 saturated carbocycles. The lowest BCUT2D eigenvalue weighted by atomic mass is 10.2. The van der Waals surface area contributed by atoms with E-state index in [-0.39, 0.29) is 12.5 Å². The summed E-state index contributed by atoms with van der Waals surface area (Å²) in [5, 5.41) is 3.01. The van der Waals surface area contributed by atoms with Gasteiger partial charge in [0.25, 0.3) is 5.91 Å². The van der Waals surface area contributed by atoms with Crippen LogP contribution in [0.4, 0.5) is 5.82 Å². The standard InChI is InChI=1S/C15H14BrClN2O2/c16-12-4-1-3-11(9-12)6-8-21-10-14(20)19-15-13(17)5-2-7-18-15/h1-5,7,9H,6,8,10H2,(H,18,19,20). The molecule has 0 aliphatic rings. The van der Waals surface area contributed by atoms with E-state index in [0.717, 1.165) is 16.5 Å². The molecule has 0 bridgehead atoms. The number of anilines is 1. The summed E-state index contributed by atoms with van der Waals surface area (Å²) in [5.74, 6) is 0.0737. The van der Waals surface area contributed by atoms with Gasteiger partial charge < -0.3 is 10.1 Å². The van der Waals surface area contributed by atoms with Gasteiger partial charge in [-0.3, -0.25) is 4.79 Å². The molecule has 0 unspecified atom stereocenters. The maximum Gasteiger partial charge on any atom is 0.251 e. The second-order valence-corrected chi connectivity index (χ2v) is 5.64. The van der Waals surface area contributed by atoms with Gasteiger partial charge in [0.2, 0.25) is 0 Å². The normalized spacial score (nSPS) is 10.4. The van der Waals surface area contributed by atoms with E-state index < -0.39 is 0 Å². The first kappa shape index (κ1) is 15.9. The van der Waals surface area contributed by atoms with E-state index in [4.69, 9.17) is 16.3 Å². The molecule has 1 aromatic heterocycles. The molecule has 1 aromatic carbocycles. The van der Waals surface area contributed by atoms with Gasteiger partial charge >= 0.3 is 0 Å². The van der Waals surface area contributed by atoms with E-state index >= 15 is 0 Å². The molecular weight excluding hydrogens is 356 g/mol. The Kier molecular flexibility index (Phi) is 6.17. The Hall–Kier alpha value is -1.43. The Labute approximate surface area is 136 Å². The number of amides is 1. The lowest BCUT2D eigenvalue weighted by Crippen LogP contribution is -2.19. The lowest BCUT2D eigenvalue weighted by molar-refractivity contribution is -0.120. The van der Waals surface area contributed by atoms with Gasteiger partial charge in [0.05, 0.1) is 11.6 Å². The van der Waals surface area contributed by atoms with Crippen molar-refractivity contribution in [3.05, 3.63) is 57.7 Å². The molecule has 4 nitrogen and oxygen atoms in total. The minimum atomic E-state index is -0.273. The number of nitrogens with one attached hydrogen (secondary N) is 1. The van der Waals surface area contributed by atoms with Crippen molar-refractivity contribution in [3.8, 4) is 0 Å². The van der Waals surface area contributed by atoms with E-state index in [9.17, 15) is 4.79 Å². The second kappa shape index (κ2) is 8.12. The third-order valence-corrected chi connectivity index (χ3v) is 3.47. The van der Waals surface area contributed by atoms with Crippen molar-refractivity contribution in [3.63, 3.8) is 0 Å². The van der Waals surface area contributed by atoms with Crippen molar-refractivity contribution < 1.29 is 9.53 Å². The number of halogens is 2. The number of aromatic nitrogens is 1. The highest BCUT2D eigenvalue weighted by molar-refractivity contribution is 9.10. The fourth-order valence-corrected chi connectivity index (χ4v) is 2.31. The minimum Gasteiger partial charge on any atom is -0.371 e. The van der Waals surface area contributed by atoms with Gasteiger partial charge in [-0.1, -0.05) is 39.7 Å². The Balaban J connectivity index is 1.71. The van der Waals surface area contributed by atoms with Crippen molar-refractivity contribution in [2.75, 3.05) is 18.5 Å². The number of carbonyl (C=O) groups excluding carboxylic acids is 1. The number of hydrogen-bond acceptors (Lipinski definition) is 3. The molecule has 1 heterocycles. The Morgan fingerprint density at radius 3 is 2.95 bits per heavy atom. The predicted molar refractivity (Wildman–Crippen MR) is 86.5 cm³/mol. The van der Waals surface area contributed by atoms with Crippen molar-refractivity contribution in [1.82, 2.24) is 4.98 Å². The van der Waals surface area contributed by atoms with Crippen molar-refractivity contribution >= 4 is 39.3 Å². The second-order valence-electron chi connectivity index (χ2n) is 4.31. The monoisotopic (exact) mass is 368 g/mol. The first-order valence-corrected chi connectivity index (χ1v) is 7.55. The summed E-state index contributed by atoms with van der Waals surface area (Å²) in [6.45, 7) is 0.445. The maximum atomic E-state index is 11.7. The average Bonchev–Trinajstić information content (AvgIpc) is 2.46.